The number of hydrogen-bond donors (Lipinski definition) is 1. The van der Waals surface area contributed by atoms with Crippen molar-refractivity contribution in [1.29, 1.82) is 0 Å². The Morgan fingerprint density at radius 3 is 2.40 bits per heavy atom. The number of benzene rings is 1. The first kappa shape index (κ1) is 20.0. The highest BCUT2D eigenvalue weighted by molar-refractivity contribution is 7.89. The summed E-state index contributed by atoms with van der Waals surface area (Å²) in [6.45, 7) is 6.83. The second-order valence-corrected chi connectivity index (χ2v) is 8.63. The summed E-state index contributed by atoms with van der Waals surface area (Å²) in [6.07, 6.45) is 3.34. The number of sulfonamides is 1. The molecule has 7 heteroatoms. The second-order valence-electron chi connectivity index (χ2n) is 6.90. The van der Waals surface area contributed by atoms with Gasteiger partial charge in [-0.15, -0.1) is 0 Å². The summed E-state index contributed by atoms with van der Waals surface area (Å²) < 4.78 is 38.8. The van der Waals surface area contributed by atoms with Crippen LogP contribution in [0.25, 0.3) is 0 Å². The molecule has 0 aromatic heterocycles. The maximum atomic E-state index is 12.8. The average molecular weight is 371 g/mol. The summed E-state index contributed by atoms with van der Waals surface area (Å²) in [4.78, 5) is 2.50. The SMILES string of the molecule is COc1ccc(OC)c(S(=O)(=O)NCC(CC(C)C)N2CCCC2)c1. The first-order chi connectivity index (χ1) is 11.9. The van der Waals surface area contributed by atoms with Crippen LogP contribution in [0.1, 0.15) is 33.1 Å². The summed E-state index contributed by atoms with van der Waals surface area (Å²) in [5, 5.41) is 0. The molecule has 2 rings (SSSR count). The Morgan fingerprint density at radius 2 is 1.84 bits per heavy atom. The van der Waals surface area contributed by atoms with Crippen LogP contribution < -0.4 is 14.2 Å². The normalized spacial score (nSPS) is 17.0. The maximum Gasteiger partial charge on any atom is 0.244 e. The molecule has 1 saturated heterocycles. The van der Waals surface area contributed by atoms with Gasteiger partial charge in [-0.25, -0.2) is 13.1 Å². The molecule has 1 aliphatic heterocycles. The minimum absolute atomic E-state index is 0.110. The van der Waals surface area contributed by atoms with Crippen molar-refractivity contribution in [2.75, 3.05) is 33.9 Å². The number of ether oxygens (including phenoxy) is 2. The second kappa shape index (κ2) is 8.87. The molecule has 0 spiro atoms. The van der Waals surface area contributed by atoms with Crippen LogP contribution in [0, 0.1) is 5.92 Å². The van der Waals surface area contributed by atoms with Gasteiger partial charge in [0.1, 0.15) is 16.4 Å². The molecule has 1 aliphatic rings. The minimum Gasteiger partial charge on any atom is -0.497 e. The van der Waals surface area contributed by atoms with E-state index in [1.165, 1.54) is 33.1 Å². The van der Waals surface area contributed by atoms with E-state index in [1.54, 1.807) is 12.1 Å². The van der Waals surface area contributed by atoms with Crippen molar-refractivity contribution in [3.8, 4) is 11.5 Å². The molecule has 1 atom stereocenters. The van der Waals surface area contributed by atoms with Gasteiger partial charge in [-0.3, -0.25) is 4.90 Å². The monoisotopic (exact) mass is 370 g/mol. The molecule has 1 N–H and O–H groups in total. The molecule has 25 heavy (non-hydrogen) atoms. The van der Waals surface area contributed by atoms with E-state index in [1.807, 2.05) is 0 Å². The van der Waals surface area contributed by atoms with Crippen LogP contribution in [0.5, 0.6) is 11.5 Å². The fraction of sp³-hybridized carbons (Fsp3) is 0.667. The third kappa shape index (κ3) is 5.33. The van der Waals surface area contributed by atoms with Crippen LogP contribution in [-0.2, 0) is 10.0 Å². The lowest BCUT2D eigenvalue weighted by molar-refractivity contribution is 0.214. The smallest absolute Gasteiger partial charge is 0.244 e. The van der Waals surface area contributed by atoms with Crippen molar-refractivity contribution in [2.45, 2.75) is 44.0 Å². The van der Waals surface area contributed by atoms with E-state index in [9.17, 15) is 8.42 Å². The Bertz CT molecular complexity index is 655. The first-order valence-electron chi connectivity index (χ1n) is 8.83. The summed E-state index contributed by atoms with van der Waals surface area (Å²) >= 11 is 0. The van der Waals surface area contributed by atoms with E-state index < -0.39 is 10.0 Å². The van der Waals surface area contributed by atoms with Crippen molar-refractivity contribution in [2.24, 2.45) is 5.92 Å². The highest BCUT2D eigenvalue weighted by Gasteiger charge is 2.26. The van der Waals surface area contributed by atoms with Crippen LogP contribution >= 0.6 is 0 Å². The van der Waals surface area contributed by atoms with Gasteiger partial charge in [0, 0.05) is 18.7 Å². The van der Waals surface area contributed by atoms with Gasteiger partial charge in [-0.05, 0) is 50.4 Å². The zero-order valence-electron chi connectivity index (χ0n) is 15.6. The molecule has 1 aromatic carbocycles. The van der Waals surface area contributed by atoms with Gasteiger partial charge in [0.15, 0.2) is 0 Å². The van der Waals surface area contributed by atoms with Gasteiger partial charge in [0.05, 0.1) is 14.2 Å². The van der Waals surface area contributed by atoms with Gasteiger partial charge >= 0.3 is 0 Å². The maximum absolute atomic E-state index is 12.8. The molecule has 1 aromatic rings. The molecule has 142 valence electrons. The zero-order chi connectivity index (χ0) is 18.4. The fourth-order valence-corrected chi connectivity index (χ4v) is 4.54. The Hall–Kier alpha value is -1.31. The molecular weight excluding hydrogens is 340 g/mol. The van der Waals surface area contributed by atoms with Crippen LogP contribution in [-0.4, -0.2) is 53.2 Å². The molecule has 0 aliphatic carbocycles. The Balaban J connectivity index is 2.16. The number of hydrogen-bond acceptors (Lipinski definition) is 5. The van der Waals surface area contributed by atoms with Crippen LogP contribution in [0.15, 0.2) is 23.1 Å². The van der Waals surface area contributed by atoms with E-state index in [0.29, 0.717) is 24.0 Å². The molecule has 0 radical (unpaired) electrons. The third-order valence-corrected chi connectivity index (χ3v) is 6.01. The number of nitrogens with one attached hydrogen (secondary N) is 1. The predicted molar refractivity (Wildman–Crippen MR) is 98.8 cm³/mol. The molecule has 1 fully saturated rings. The molecule has 0 saturated carbocycles. The molecule has 1 unspecified atom stereocenters. The van der Waals surface area contributed by atoms with Crippen LogP contribution in [0.3, 0.4) is 0 Å². The van der Waals surface area contributed by atoms with E-state index in [0.717, 1.165) is 19.5 Å². The number of likely N-dealkylation sites (tertiary alicyclic amines) is 1. The Labute approximate surface area is 151 Å². The molecule has 1 heterocycles. The van der Waals surface area contributed by atoms with Gasteiger partial charge in [0.25, 0.3) is 0 Å². The van der Waals surface area contributed by atoms with Gasteiger partial charge in [-0.2, -0.15) is 0 Å². The zero-order valence-corrected chi connectivity index (χ0v) is 16.4. The highest BCUT2D eigenvalue weighted by Crippen LogP contribution is 2.28. The molecule has 6 nitrogen and oxygen atoms in total. The fourth-order valence-electron chi connectivity index (χ4n) is 3.29. The van der Waals surface area contributed by atoms with Crippen molar-refractivity contribution < 1.29 is 17.9 Å². The Morgan fingerprint density at radius 1 is 1.16 bits per heavy atom. The van der Waals surface area contributed by atoms with Crippen molar-refractivity contribution in [3.63, 3.8) is 0 Å². The number of rotatable bonds is 9. The standard InChI is InChI=1S/C18H30N2O4S/c1-14(2)11-15(20-9-5-6-10-20)13-19-25(21,22)18-12-16(23-3)7-8-17(18)24-4/h7-8,12,14-15,19H,5-6,9-11,13H2,1-4H3. The molecule has 0 amide bonds. The van der Waals surface area contributed by atoms with E-state index in [2.05, 4.69) is 23.5 Å². The lowest BCUT2D eigenvalue weighted by atomic mass is 10.0. The lowest BCUT2D eigenvalue weighted by Crippen LogP contribution is -2.43. The Kier molecular flexibility index (Phi) is 7.10. The van der Waals surface area contributed by atoms with Gasteiger partial charge in [0.2, 0.25) is 10.0 Å². The quantitative estimate of drug-likeness (QED) is 0.723. The van der Waals surface area contributed by atoms with Gasteiger partial charge < -0.3 is 9.47 Å². The molecule has 0 bridgehead atoms. The summed E-state index contributed by atoms with van der Waals surface area (Å²) in [7, 11) is -0.701. The third-order valence-electron chi connectivity index (χ3n) is 4.57. The lowest BCUT2D eigenvalue weighted by Gasteiger charge is -2.29. The van der Waals surface area contributed by atoms with Crippen molar-refractivity contribution in [3.05, 3.63) is 18.2 Å². The number of nitrogens with zero attached hydrogens (tertiary/aromatic N) is 1. The van der Waals surface area contributed by atoms with E-state index in [4.69, 9.17) is 9.47 Å². The summed E-state index contributed by atoms with van der Waals surface area (Å²) in [6, 6.07) is 5.01. The average Bonchev–Trinajstić information content (AvgIpc) is 3.12. The molecular formula is C18H30N2O4S. The van der Waals surface area contributed by atoms with Crippen LogP contribution in [0.2, 0.25) is 0 Å². The van der Waals surface area contributed by atoms with Crippen molar-refractivity contribution in [1.82, 2.24) is 9.62 Å². The summed E-state index contributed by atoms with van der Waals surface area (Å²) in [5.41, 5.74) is 0. The highest BCUT2D eigenvalue weighted by atomic mass is 32.2. The topological polar surface area (TPSA) is 67.9 Å². The summed E-state index contributed by atoms with van der Waals surface area (Å²) in [5.74, 6) is 1.32. The van der Waals surface area contributed by atoms with E-state index >= 15 is 0 Å². The van der Waals surface area contributed by atoms with Crippen molar-refractivity contribution >= 4 is 10.0 Å². The number of methoxy groups -OCH3 is 2. The largest absolute Gasteiger partial charge is 0.497 e. The van der Waals surface area contributed by atoms with Crippen LogP contribution in [0.4, 0.5) is 0 Å². The van der Waals surface area contributed by atoms with Gasteiger partial charge in [-0.1, -0.05) is 13.8 Å². The minimum atomic E-state index is -3.68. The van der Waals surface area contributed by atoms with E-state index in [-0.39, 0.29) is 10.9 Å². The predicted octanol–water partition coefficient (Wildman–Crippen LogP) is 2.49. The first-order valence-corrected chi connectivity index (χ1v) is 10.3.